The van der Waals surface area contributed by atoms with E-state index in [1.165, 1.54) is 25.1 Å². The number of hydrogen-bond donors (Lipinski definition) is 2. The summed E-state index contributed by atoms with van der Waals surface area (Å²) in [4.78, 5) is 33.4. The quantitative estimate of drug-likeness (QED) is 0.552. The molecule has 0 aromatic heterocycles. The molecule has 0 unspecified atom stereocenters. The molecule has 0 fully saturated rings. The average Bonchev–Trinajstić information content (AvgIpc) is 2.45. The van der Waals surface area contributed by atoms with Crippen LogP contribution in [0.15, 0.2) is 18.2 Å². The van der Waals surface area contributed by atoms with Crippen LogP contribution < -0.4 is 10.1 Å². The van der Waals surface area contributed by atoms with Gasteiger partial charge < -0.3 is 24.6 Å². The standard InChI is InChI=1S/C14H15Cl2NO7/c1-7(18)22-8(2)23-14(21)17-6-12(13(19)20)24-11-5-9(15)3-4-10(11)16/h3-5,8,12H,6H2,1-2H3,(H,17,21)(H,19,20)/t8-,12-/m0/s1. The minimum absolute atomic E-state index is 0.0556. The van der Waals surface area contributed by atoms with Crippen LogP contribution in [0, 0.1) is 0 Å². The number of nitrogens with one attached hydrogen (secondary N) is 1. The molecule has 1 rings (SSSR count). The number of rotatable bonds is 7. The van der Waals surface area contributed by atoms with Crippen molar-refractivity contribution in [2.75, 3.05) is 6.54 Å². The molecule has 2 N–H and O–H groups in total. The van der Waals surface area contributed by atoms with E-state index in [-0.39, 0.29) is 10.8 Å². The van der Waals surface area contributed by atoms with Crippen LogP contribution in [0.3, 0.4) is 0 Å². The second kappa shape index (κ2) is 9.19. The van der Waals surface area contributed by atoms with Gasteiger partial charge >= 0.3 is 18.0 Å². The summed E-state index contributed by atoms with van der Waals surface area (Å²) >= 11 is 11.7. The number of benzene rings is 1. The predicted molar refractivity (Wildman–Crippen MR) is 84.2 cm³/mol. The van der Waals surface area contributed by atoms with Gasteiger partial charge in [-0.05, 0) is 12.1 Å². The van der Waals surface area contributed by atoms with Crippen molar-refractivity contribution in [1.29, 1.82) is 0 Å². The predicted octanol–water partition coefficient (Wildman–Crippen LogP) is 2.46. The van der Waals surface area contributed by atoms with Gasteiger partial charge in [-0.25, -0.2) is 9.59 Å². The van der Waals surface area contributed by atoms with Crippen molar-refractivity contribution in [3.8, 4) is 5.75 Å². The third-order valence-electron chi connectivity index (χ3n) is 2.47. The number of carboxylic acids is 1. The summed E-state index contributed by atoms with van der Waals surface area (Å²) in [7, 11) is 0. The van der Waals surface area contributed by atoms with Gasteiger partial charge in [0.25, 0.3) is 0 Å². The zero-order chi connectivity index (χ0) is 18.3. The fraction of sp³-hybridized carbons (Fsp3) is 0.357. The molecule has 24 heavy (non-hydrogen) atoms. The first-order chi connectivity index (χ1) is 11.2. The number of ether oxygens (including phenoxy) is 3. The van der Waals surface area contributed by atoms with Crippen LogP contribution in [0.25, 0.3) is 0 Å². The molecule has 0 aliphatic carbocycles. The highest BCUT2D eigenvalue weighted by molar-refractivity contribution is 6.34. The van der Waals surface area contributed by atoms with E-state index in [2.05, 4.69) is 10.1 Å². The van der Waals surface area contributed by atoms with Gasteiger partial charge in [0.15, 0.2) is 0 Å². The first kappa shape index (κ1) is 19.9. The number of carboxylic acid groups (broad SMARTS) is 1. The molecule has 132 valence electrons. The number of hydrogen-bond acceptors (Lipinski definition) is 6. The Morgan fingerprint density at radius 3 is 2.50 bits per heavy atom. The van der Waals surface area contributed by atoms with Crippen molar-refractivity contribution in [3.63, 3.8) is 0 Å². The number of carbonyl (C=O) groups is 3. The van der Waals surface area contributed by atoms with E-state index < -0.39 is 37.0 Å². The van der Waals surface area contributed by atoms with Crippen LogP contribution in [0.4, 0.5) is 4.79 Å². The molecular formula is C14H15Cl2NO7. The van der Waals surface area contributed by atoms with E-state index in [0.29, 0.717) is 5.02 Å². The fourth-order valence-electron chi connectivity index (χ4n) is 1.53. The fourth-order valence-corrected chi connectivity index (χ4v) is 1.85. The molecule has 1 amide bonds. The summed E-state index contributed by atoms with van der Waals surface area (Å²) in [5.74, 6) is -1.91. The SMILES string of the molecule is CC(=O)O[C@H](C)OC(=O)NC[C@H](Oc1cc(Cl)ccc1Cl)C(=O)O. The van der Waals surface area contributed by atoms with Crippen molar-refractivity contribution < 1.29 is 33.7 Å². The van der Waals surface area contributed by atoms with Crippen molar-refractivity contribution in [2.45, 2.75) is 26.2 Å². The molecule has 10 heteroatoms. The van der Waals surface area contributed by atoms with Gasteiger partial charge in [0.1, 0.15) is 5.75 Å². The molecule has 0 aliphatic heterocycles. The summed E-state index contributed by atoms with van der Waals surface area (Å²) in [6.07, 6.45) is -3.53. The van der Waals surface area contributed by atoms with E-state index in [9.17, 15) is 14.4 Å². The molecular weight excluding hydrogens is 365 g/mol. The number of amides is 1. The third kappa shape index (κ3) is 6.93. The molecule has 0 spiro atoms. The number of esters is 1. The second-order valence-electron chi connectivity index (χ2n) is 4.48. The summed E-state index contributed by atoms with van der Waals surface area (Å²) < 4.78 is 14.5. The number of aliphatic carboxylic acids is 1. The number of halogens is 2. The monoisotopic (exact) mass is 379 g/mol. The smallest absolute Gasteiger partial charge is 0.410 e. The lowest BCUT2D eigenvalue weighted by molar-refractivity contribution is -0.162. The Morgan fingerprint density at radius 1 is 1.25 bits per heavy atom. The number of carbonyl (C=O) groups excluding carboxylic acids is 2. The average molecular weight is 380 g/mol. The highest BCUT2D eigenvalue weighted by Gasteiger charge is 2.23. The Bertz CT molecular complexity index is 623. The van der Waals surface area contributed by atoms with Crippen LogP contribution in [0.2, 0.25) is 10.0 Å². The van der Waals surface area contributed by atoms with Gasteiger partial charge in [-0.15, -0.1) is 0 Å². The summed E-state index contributed by atoms with van der Waals surface area (Å²) in [5, 5.41) is 11.8. The van der Waals surface area contributed by atoms with Gasteiger partial charge in [-0.1, -0.05) is 23.2 Å². The Labute approximate surface area is 147 Å². The highest BCUT2D eigenvalue weighted by Crippen LogP contribution is 2.28. The van der Waals surface area contributed by atoms with E-state index >= 15 is 0 Å². The van der Waals surface area contributed by atoms with Crippen molar-refractivity contribution in [2.24, 2.45) is 0 Å². The molecule has 2 atom stereocenters. The van der Waals surface area contributed by atoms with Crippen LogP contribution >= 0.6 is 23.2 Å². The van der Waals surface area contributed by atoms with Crippen molar-refractivity contribution >= 4 is 41.2 Å². The van der Waals surface area contributed by atoms with E-state index in [1.54, 1.807) is 0 Å². The molecule has 0 aliphatic rings. The van der Waals surface area contributed by atoms with Gasteiger partial charge in [0, 0.05) is 24.9 Å². The molecule has 0 heterocycles. The lowest BCUT2D eigenvalue weighted by atomic mass is 10.3. The van der Waals surface area contributed by atoms with E-state index in [4.69, 9.17) is 37.8 Å². The van der Waals surface area contributed by atoms with E-state index in [1.807, 2.05) is 0 Å². The lowest BCUT2D eigenvalue weighted by Gasteiger charge is -2.18. The summed E-state index contributed by atoms with van der Waals surface area (Å²) in [6.45, 7) is 2.07. The summed E-state index contributed by atoms with van der Waals surface area (Å²) in [6, 6.07) is 4.31. The lowest BCUT2D eigenvalue weighted by Crippen LogP contribution is -2.41. The van der Waals surface area contributed by atoms with Gasteiger partial charge in [-0.2, -0.15) is 0 Å². The summed E-state index contributed by atoms with van der Waals surface area (Å²) in [5.41, 5.74) is 0. The Kier molecular flexibility index (Phi) is 7.60. The van der Waals surface area contributed by atoms with Crippen molar-refractivity contribution in [3.05, 3.63) is 28.2 Å². The molecule has 0 radical (unpaired) electrons. The highest BCUT2D eigenvalue weighted by atomic mass is 35.5. The Morgan fingerprint density at radius 2 is 1.92 bits per heavy atom. The van der Waals surface area contributed by atoms with Crippen LogP contribution in [0.5, 0.6) is 5.75 Å². The first-order valence-corrected chi connectivity index (χ1v) is 7.41. The Hall–Kier alpha value is -2.19. The zero-order valence-corrected chi connectivity index (χ0v) is 14.3. The minimum Gasteiger partial charge on any atom is -0.478 e. The van der Waals surface area contributed by atoms with Gasteiger partial charge in [-0.3, -0.25) is 4.79 Å². The maximum atomic E-state index is 11.5. The van der Waals surface area contributed by atoms with Gasteiger partial charge in [0.05, 0.1) is 11.6 Å². The largest absolute Gasteiger partial charge is 0.478 e. The molecule has 0 bridgehead atoms. The van der Waals surface area contributed by atoms with Crippen molar-refractivity contribution in [1.82, 2.24) is 5.32 Å². The third-order valence-corrected chi connectivity index (χ3v) is 3.02. The zero-order valence-electron chi connectivity index (χ0n) is 12.7. The van der Waals surface area contributed by atoms with Crippen LogP contribution in [-0.4, -0.2) is 42.1 Å². The van der Waals surface area contributed by atoms with E-state index in [0.717, 1.165) is 6.92 Å². The molecule has 1 aromatic carbocycles. The Balaban J connectivity index is 2.61. The molecule has 8 nitrogen and oxygen atoms in total. The van der Waals surface area contributed by atoms with Crippen LogP contribution in [0.1, 0.15) is 13.8 Å². The maximum Gasteiger partial charge on any atom is 0.410 e. The molecule has 0 saturated carbocycles. The van der Waals surface area contributed by atoms with Gasteiger partial charge in [0.2, 0.25) is 12.4 Å². The first-order valence-electron chi connectivity index (χ1n) is 6.65. The molecule has 1 aromatic rings. The topological polar surface area (TPSA) is 111 Å². The number of alkyl carbamates (subject to hydrolysis) is 1. The second-order valence-corrected chi connectivity index (χ2v) is 5.33. The molecule has 0 saturated heterocycles. The minimum atomic E-state index is -1.43. The van der Waals surface area contributed by atoms with Crippen LogP contribution in [-0.2, 0) is 19.1 Å². The normalized spacial score (nSPS) is 12.7. The maximum absolute atomic E-state index is 11.5.